The zero-order valence-electron chi connectivity index (χ0n) is 10.8. The maximum Gasteiger partial charge on any atom is 0.405 e. The second-order valence-corrected chi connectivity index (χ2v) is 5.16. The van der Waals surface area contributed by atoms with Gasteiger partial charge in [0.05, 0.1) is 0 Å². The lowest BCUT2D eigenvalue weighted by Crippen LogP contribution is -2.64. The summed E-state index contributed by atoms with van der Waals surface area (Å²) in [6.45, 7) is 6.12. The van der Waals surface area contributed by atoms with E-state index in [1.807, 2.05) is 20.9 Å². The average Bonchev–Trinajstić information content (AvgIpc) is 2.10. The Morgan fingerprint density at radius 3 is 1.88 bits per heavy atom. The maximum atomic E-state index is 13.0. The molecule has 1 heterocycles. The predicted molar refractivity (Wildman–Crippen MR) is 61.8 cm³/mol. The highest BCUT2D eigenvalue weighted by atomic mass is 19.4. The van der Waals surface area contributed by atoms with Crippen molar-refractivity contribution in [2.75, 3.05) is 20.1 Å². The molecule has 3 nitrogen and oxygen atoms in total. The monoisotopic (exact) mass is 253 g/mol. The van der Waals surface area contributed by atoms with Crippen molar-refractivity contribution in [2.24, 2.45) is 5.73 Å². The number of halogens is 3. The van der Waals surface area contributed by atoms with Crippen LogP contribution >= 0.6 is 0 Å². The minimum Gasteiger partial charge on any atom is -0.326 e. The van der Waals surface area contributed by atoms with E-state index >= 15 is 0 Å². The van der Waals surface area contributed by atoms with Crippen molar-refractivity contribution in [1.29, 1.82) is 0 Å². The summed E-state index contributed by atoms with van der Waals surface area (Å²) in [5.74, 6) is 0. The molecule has 0 bridgehead atoms. The second-order valence-electron chi connectivity index (χ2n) is 5.16. The molecule has 0 spiro atoms. The molecule has 1 saturated heterocycles. The molecule has 1 aliphatic rings. The Bertz CT molecular complexity index is 243. The summed E-state index contributed by atoms with van der Waals surface area (Å²) in [7, 11) is 1.95. The lowest BCUT2D eigenvalue weighted by atomic mass is 10.0. The first-order valence-electron chi connectivity index (χ1n) is 5.93. The minimum absolute atomic E-state index is 0.113. The van der Waals surface area contributed by atoms with Crippen LogP contribution in [-0.4, -0.2) is 60.3 Å². The van der Waals surface area contributed by atoms with Crippen LogP contribution < -0.4 is 5.73 Å². The highest BCUT2D eigenvalue weighted by molar-refractivity contribution is 4.92. The Balaban J connectivity index is 2.83. The van der Waals surface area contributed by atoms with Gasteiger partial charge in [0.15, 0.2) is 0 Å². The first kappa shape index (κ1) is 14.7. The van der Waals surface area contributed by atoms with Gasteiger partial charge in [0.2, 0.25) is 0 Å². The number of hydrogen-bond donors (Lipinski definition) is 1. The topological polar surface area (TPSA) is 32.5 Å². The molecule has 4 atom stereocenters. The zero-order chi connectivity index (χ0) is 13.4. The second kappa shape index (κ2) is 5.12. The molecule has 1 fully saturated rings. The predicted octanol–water partition coefficient (Wildman–Crippen LogP) is 1.29. The van der Waals surface area contributed by atoms with Crippen LogP contribution in [-0.2, 0) is 0 Å². The van der Waals surface area contributed by atoms with Crippen LogP contribution in [0.4, 0.5) is 13.2 Å². The van der Waals surface area contributed by atoms with Gasteiger partial charge in [-0.05, 0) is 27.8 Å². The standard InChI is InChI=1S/C11H22F3N3/c1-7-5-17(6-8(2)16(7)4)10(9(3)15)11(12,13)14/h7-10H,5-6,15H2,1-4H3. The van der Waals surface area contributed by atoms with Crippen molar-refractivity contribution < 1.29 is 13.2 Å². The maximum absolute atomic E-state index is 13.0. The molecule has 6 heteroatoms. The minimum atomic E-state index is -4.26. The van der Waals surface area contributed by atoms with Crippen molar-refractivity contribution in [3.8, 4) is 0 Å². The van der Waals surface area contributed by atoms with Crippen molar-refractivity contribution in [2.45, 2.75) is 51.1 Å². The van der Waals surface area contributed by atoms with Gasteiger partial charge in [0.1, 0.15) is 6.04 Å². The Hall–Kier alpha value is -0.330. The molecule has 0 aromatic carbocycles. The summed E-state index contributed by atoms with van der Waals surface area (Å²) >= 11 is 0. The number of rotatable bonds is 2. The SMILES string of the molecule is CC(N)C(N1CC(C)N(C)C(C)C1)C(F)(F)F. The fourth-order valence-electron chi connectivity index (χ4n) is 2.51. The van der Waals surface area contributed by atoms with Gasteiger partial charge in [-0.15, -0.1) is 0 Å². The third kappa shape index (κ3) is 3.33. The first-order chi connectivity index (χ1) is 7.64. The Kier molecular flexibility index (Phi) is 4.43. The van der Waals surface area contributed by atoms with Crippen molar-refractivity contribution >= 4 is 0 Å². The normalized spacial score (nSPS) is 32.5. The molecule has 17 heavy (non-hydrogen) atoms. The van der Waals surface area contributed by atoms with Crippen LogP contribution in [0.3, 0.4) is 0 Å². The highest BCUT2D eigenvalue weighted by Crippen LogP contribution is 2.29. The molecule has 0 aromatic heterocycles. The number of nitrogens with two attached hydrogens (primary N) is 1. The molecule has 1 rings (SSSR count). The van der Waals surface area contributed by atoms with E-state index in [-0.39, 0.29) is 12.1 Å². The molecular formula is C11H22F3N3. The summed E-state index contributed by atoms with van der Waals surface area (Å²) < 4.78 is 38.9. The van der Waals surface area contributed by atoms with E-state index in [4.69, 9.17) is 5.73 Å². The van der Waals surface area contributed by atoms with Crippen LogP contribution in [0, 0.1) is 0 Å². The van der Waals surface area contributed by atoms with Gasteiger partial charge in [0.25, 0.3) is 0 Å². The van der Waals surface area contributed by atoms with Gasteiger partial charge >= 0.3 is 6.18 Å². The highest BCUT2D eigenvalue weighted by Gasteiger charge is 2.47. The van der Waals surface area contributed by atoms with Crippen LogP contribution in [0.2, 0.25) is 0 Å². The Labute approximate surface area is 101 Å². The van der Waals surface area contributed by atoms with Crippen molar-refractivity contribution in [1.82, 2.24) is 9.80 Å². The van der Waals surface area contributed by atoms with Crippen molar-refractivity contribution in [3.05, 3.63) is 0 Å². The van der Waals surface area contributed by atoms with E-state index in [9.17, 15) is 13.2 Å². The molecule has 2 N–H and O–H groups in total. The fourth-order valence-corrected chi connectivity index (χ4v) is 2.51. The third-order valence-electron chi connectivity index (χ3n) is 3.61. The Morgan fingerprint density at radius 2 is 1.59 bits per heavy atom. The molecule has 0 amide bonds. The lowest BCUT2D eigenvalue weighted by Gasteiger charge is -2.46. The van der Waals surface area contributed by atoms with Crippen LogP contribution in [0.1, 0.15) is 20.8 Å². The fraction of sp³-hybridized carbons (Fsp3) is 1.00. The average molecular weight is 253 g/mol. The zero-order valence-corrected chi connectivity index (χ0v) is 10.8. The smallest absolute Gasteiger partial charge is 0.326 e. The molecular weight excluding hydrogens is 231 g/mol. The van der Waals surface area contributed by atoms with E-state index < -0.39 is 18.3 Å². The van der Waals surface area contributed by atoms with E-state index in [0.29, 0.717) is 13.1 Å². The van der Waals surface area contributed by atoms with Gasteiger partial charge < -0.3 is 5.73 Å². The number of likely N-dealkylation sites (N-methyl/N-ethyl adjacent to an activating group) is 1. The van der Waals surface area contributed by atoms with Gasteiger partial charge in [-0.1, -0.05) is 0 Å². The van der Waals surface area contributed by atoms with Crippen LogP contribution in [0.15, 0.2) is 0 Å². The molecule has 0 aromatic rings. The molecule has 0 aliphatic carbocycles. The number of piperazine rings is 1. The number of nitrogens with zero attached hydrogens (tertiary/aromatic N) is 2. The summed E-state index contributed by atoms with van der Waals surface area (Å²) in [6.07, 6.45) is -4.26. The van der Waals surface area contributed by atoms with Gasteiger partial charge in [-0.3, -0.25) is 9.80 Å². The number of hydrogen-bond acceptors (Lipinski definition) is 3. The van der Waals surface area contributed by atoms with E-state index in [1.165, 1.54) is 11.8 Å². The van der Waals surface area contributed by atoms with Crippen LogP contribution in [0.5, 0.6) is 0 Å². The molecule has 0 saturated carbocycles. The van der Waals surface area contributed by atoms with Gasteiger partial charge in [-0.25, -0.2) is 0 Å². The first-order valence-corrected chi connectivity index (χ1v) is 5.93. The summed E-state index contributed by atoms with van der Waals surface area (Å²) in [5.41, 5.74) is 5.50. The van der Waals surface area contributed by atoms with E-state index in [0.717, 1.165) is 0 Å². The summed E-state index contributed by atoms with van der Waals surface area (Å²) in [5, 5.41) is 0. The number of alkyl halides is 3. The van der Waals surface area contributed by atoms with Gasteiger partial charge in [-0.2, -0.15) is 13.2 Å². The quantitative estimate of drug-likeness (QED) is 0.805. The van der Waals surface area contributed by atoms with Crippen LogP contribution in [0.25, 0.3) is 0 Å². The molecule has 1 aliphatic heterocycles. The summed E-state index contributed by atoms with van der Waals surface area (Å²) in [4.78, 5) is 3.57. The molecule has 4 unspecified atom stereocenters. The van der Waals surface area contributed by atoms with E-state index in [2.05, 4.69) is 4.90 Å². The van der Waals surface area contributed by atoms with Gasteiger partial charge in [0, 0.05) is 31.2 Å². The largest absolute Gasteiger partial charge is 0.405 e. The van der Waals surface area contributed by atoms with E-state index in [1.54, 1.807) is 0 Å². The summed E-state index contributed by atoms with van der Waals surface area (Å²) in [6, 6.07) is -2.22. The lowest BCUT2D eigenvalue weighted by molar-refractivity contribution is -0.196. The third-order valence-corrected chi connectivity index (χ3v) is 3.61. The van der Waals surface area contributed by atoms with Crippen molar-refractivity contribution in [3.63, 3.8) is 0 Å². The molecule has 102 valence electrons. The molecule has 0 radical (unpaired) electrons. The Morgan fingerprint density at radius 1 is 1.18 bits per heavy atom.